The number of rotatable bonds is 5. The van der Waals surface area contributed by atoms with E-state index >= 15 is 0 Å². The molecule has 2 rings (SSSR count). The van der Waals surface area contributed by atoms with Crippen LogP contribution in [0.4, 0.5) is 5.95 Å². The SMILES string of the molecule is CCOc1n[nH]c(NC(=O)c2c(SC)nc(=O)[nH]c2C)n1. The average molecular weight is 310 g/mol. The quantitative estimate of drug-likeness (QED) is 0.544. The van der Waals surface area contributed by atoms with Crippen LogP contribution in [0.5, 0.6) is 6.01 Å². The van der Waals surface area contributed by atoms with Crippen molar-refractivity contribution in [3.05, 3.63) is 21.7 Å². The summed E-state index contributed by atoms with van der Waals surface area (Å²) in [5, 5.41) is 9.22. The van der Waals surface area contributed by atoms with Crippen LogP contribution < -0.4 is 15.7 Å². The van der Waals surface area contributed by atoms with Gasteiger partial charge in [-0.1, -0.05) is 0 Å². The van der Waals surface area contributed by atoms with Crippen LogP contribution in [0.1, 0.15) is 23.0 Å². The molecule has 0 bridgehead atoms. The first-order chi connectivity index (χ1) is 10.0. The number of nitrogens with zero attached hydrogens (tertiary/aromatic N) is 3. The zero-order chi connectivity index (χ0) is 15.4. The van der Waals surface area contributed by atoms with Crippen LogP contribution in [-0.2, 0) is 0 Å². The van der Waals surface area contributed by atoms with Crippen LogP contribution in [0.25, 0.3) is 0 Å². The summed E-state index contributed by atoms with van der Waals surface area (Å²) >= 11 is 1.21. The minimum atomic E-state index is -0.494. The Balaban J connectivity index is 2.25. The van der Waals surface area contributed by atoms with Crippen molar-refractivity contribution in [2.45, 2.75) is 18.9 Å². The fraction of sp³-hybridized carbons (Fsp3) is 0.364. The van der Waals surface area contributed by atoms with Gasteiger partial charge >= 0.3 is 11.7 Å². The summed E-state index contributed by atoms with van der Waals surface area (Å²) in [5.74, 6) is -0.291. The van der Waals surface area contributed by atoms with Gasteiger partial charge in [-0.15, -0.1) is 16.9 Å². The average Bonchev–Trinajstić information content (AvgIpc) is 2.85. The van der Waals surface area contributed by atoms with Crippen molar-refractivity contribution in [1.29, 1.82) is 0 Å². The van der Waals surface area contributed by atoms with Gasteiger partial charge in [0.2, 0.25) is 5.95 Å². The predicted molar refractivity (Wildman–Crippen MR) is 76.9 cm³/mol. The first-order valence-electron chi connectivity index (χ1n) is 6.06. The first-order valence-corrected chi connectivity index (χ1v) is 7.29. The number of carbonyl (C=O) groups is 1. The van der Waals surface area contributed by atoms with Crippen molar-refractivity contribution in [2.24, 2.45) is 0 Å². The smallest absolute Gasteiger partial charge is 0.346 e. The van der Waals surface area contributed by atoms with E-state index in [0.717, 1.165) is 0 Å². The summed E-state index contributed by atoms with van der Waals surface area (Å²) in [6.07, 6.45) is 1.74. The maximum Gasteiger partial charge on any atom is 0.346 e. The second kappa shape index (κ2) is 6.39. The number of aromatic nitrogens is 5. The Morgan fingerprint density at radius 3 is 2.86 bits per heavy atom. The number of anilines is 1. The van der Waals surface area contributed by atoms with Crippen molar-refractivity contribution < 1.29 is 9.53 Å². The Hall–Kier alpha value is -2.36. The monoisotopic (exact) mass is 310 g/mol. The molecule has 0 aliphatic rings. The van der Waals surface area contributed by atoms with E-state index in [0.29, 0.717) is 17.3 Å². The molecule has 10 heteroatoms. The van der Waals surface area contributed by atoms with Gasteiger partial charge in [0.25, 0.3) is 5.91 Å². The number of hydrogen-bond donors (Lipinski definition) is 3. The molecule has 0 aromatic carbocycles. The minimum Gasteiger partial charge on any atom is -0.463 e. The van der Waals surface area contributed by atoms with Gasteiger partial charge in [0, 0.05) is 5.69 Å². The lowest BCUT2D eigenvalue weighted by Gasteiger charge is -2.08. The topological polar surface area (TPSA) is 126 Å². The molecule has 0 fully saturated rings. The van der Waals surface area contributed by atoms with Gasteiger partial charge in [-0.25, -0.2) is 9.89 Å². The summed E-state index contributed by atoms with van der Waals surface area (Å²) in [6, 6.07) is 0.147. The number of thioether (sulfide) groups is 1. The molecule has 0 aliphatic carbocycles. The normalized spacial score (nSPS) is 10.4. The molecule has 9 nitrogen and oxygen atoms in total. The number of aromatic amines is 2. The highest BCUT2D eigenvalue weighted by molar-refractivity contribution is 7.98. The van der Waals surface area contributed by atoms with E-state index in [2.05, 4.69) is 30.5 Å². The van der Waals surface area contributed by atoms with Crippen molar-refractivity contribution in [2.75, 3.05) is 18.2 Å². The zero-order valence-electron chi connectivity index (χ0n) is 11.7. The number of nitrogens with one attached hydrogen (secondary N) is 3. The molecule has 21 heavy (non-hydrogen) atoms. The molecule has 0 atom stereocenters. The van der Waals surface area contributed by atoms with Crippen molar-refractivity contribution in [3.63, 3.8) is 0 Å². The highest BCUT2D eigenvalue weighted by Gasteiger charge is 2.18. The van der Waals surface area contributed by atoms with Crippen LogP contribution in [-0.4, -0.2) is 43.9 Å². The van der Waals surface area contributed by atoms with Crippen LogP contribution in [0, 0.1) is 6.92 Å². The number of carbonyl (C=O) groups excluding carboxylic acids is 1. The van der Waals surface area contributed by atoms with E-state index in [1.807, 2.05) is 0 Å². The van der Waals surface area contributed by atoms with Crippen molar-refractivity contribution in [3.8, 4) is 6.01 Å². The van der Waals surface area contributed by atoms with Gasteiger partial charge in [-0.05, 0) is 20.1 Å². The van der Waals surface area contributed by atoms with Gasteiger partial charge < -0.3 is 9.72 Å². The largest absolute Gasteiger partial charge is 0.463 e. The summed E-state index contributed by atoms with van der Waals surface area (Å²) in [4.78, 5) is 33.8. The van der Waals surface area contributed by atoms with Crippen LogP contribution in [0.2, 0.25) is 0 Å². The standard InChI is InChI=1S/C11H14N6O3S/c1-4-20-11-15-9(16-17-11)13-7(18)6-5(2)12-10(19)14-8(6)21-3/h4H2,1-3H3,(H,12,14,19)(H2,13,15,16,17,18). The van der Waals surface area contributed by atoms with Crippen LogP contribution >= 0.6 is 11.8 Å². The van der Waals surface area contributed by atoms with E-state index in [4.69, 9.17) is 4.74 Å². The molecular formula is C11H14N6O3S. The van der Waals surface area contributed by atoms with Gasteiger partial charge in [0.05, 0.1) is 12.2 Å². The lowest BCUT2D eigenvalue weighted by atomic mass is 10.2. The summed E-state index contributed by atoms with van der Waals surface area (Å²) < 4.78 is 5.09. The molecule has 0 saturated heterocycles. The molecular weight excluding hydrogens is 296 g/mol. The molecule has 3 N–H and O–H groups in total. The van der Waals surface area contributed by atoms with E-state index in [9.17, 15) is 9.59 Å². The molecule has 0 saturated carbocycles. The molecule has 112 valence electrons. The highest BCUT2D eigenvalue weighted by Crippen LogP contribution is 2.19. The first kappa shape index (κ1) is 15.0. The number of H-pyrrole nitrogens is 2. The second-order valence-corrected chi connectivity index (χ2v) is 4.70. The van der Waals surface area contributed by atoms with Crippen molar-refractivity contribution >= 4 is 23.6 Å². The number of ether oxygens (including phenoxy) is 1. The fourth-order valence-corrected chi connectivity index (χ4v) is 2.26. The van der Waals surface area contributed by atoms with E-state index in [-0.39, 0.29) is 17.5 Å². The molecule has 2 heterocycles. The Morgan fingerprint density at radius 2 is 2.19 bits per heavy atom. The Bertz CT molecular complexity index is 710. The van der Waals surface area contributed by atoms with E-state index in [1.165, 1.54) is 11.8 Å². The number of hydrogen-bond acceptors (Lipinski definition) is 7. The highest BCUT2D eigenvalue weighted by atomic mass is 32.2. The zero-order valence-corrected chi connectivity index (χ0v) is 12.5. The number of amides is 1. The summed E-state index contributed by atoms with van der Waals surface area (Å²) in [6.45, 7) is 3.85. The summed E-state index contributed by atoms with van der Waals surface area (Å²) in [5.41, 5.74) is 0.226. The second-order valence-electron chi connectivity index (χ2n) is 3.90. The third-order valence-electron chi connectivity index (χ3n) is 2.48. The number of aryl methyl sites for hydroxylation is 1. The predicted octanol–water partition coefficient (Wildman–Crippen LogP) is 0.569. The third-order valence-corrected chi connectivity index (χ3v) is 3.16. The third kappa shape index (κ3) is 3.40. The lowest BCUT2D eigenvalue weighted by Crippen LogP contribution is -2.22. The summed E-state index contributed by atoms with van der Waals surface area (Å²) in [7, 11) is 0. The Kier molecular flexibility index (Phi) is 4.58. The van der Waals surface area contributed by atoms with Gasteiger partial charge in [0.1, 0.15) is 5.03 Å². The van der Waals surface area contributed by atoms with Gasteiger partial charge in [-0.3, -0.25) is 10.1 Å². The molecule has 1 amide bonds. The van der Waals surface area contributed by atoms with E-state index in [1.54, 1.807) is 20.1 Å². The Morgan fingerprint density at radius 1 is 1.43 bits per heavy atom. The van der Waals surface area contributed by atoms with Gasteiger partial charge in [-0.2, -0.15) is 9.97 Å². The van der Waals surface area contributed by atoms with E-state index < -0.39 is 11.6 Å². The lowest BCUT2D eigenvalue weighted by molar-refractivity contribution is 0.102. The molecule has 0 unspecified atom stereocenters. The van der Waals surface area contributed by atoms with Crippen LogP contribution in [0.15, 0.2) is 9.82 Å². The van der Waals surface area contributed by atoms with Crippen molar-refractivity contribution in [1.82, 2.24) is 25.1 Å². The molecule has 0 aliphatic heterocycles. The fourth-order valence-electron chi connectivity index (χ4n) is 1.64. The molecule has 0 radical (unpaired) electrons. The minimum absolute atomic E-state index is 0.147. The molecule has 2 aromatic heterocycles. The molecule has 2 aromatic rings. The van der Waals surface area contributed by atoms with Crippen LogP contribution in [0.3, 0.4) is 0 Å². The maximum atomic E-state index is 12.3. The Labute approximate surface area is 123 Å². The van der Waals surface area contributed by atoms with Gasteiger partial charge in [0.15, 0.2) is 0 Å². The maximum absolute atomic E-state index is 12.3. The molecule has 0 spiro atoms.